The van der Waals surface area contributed by atoms with Gasteiger partial charge in [-0.05, 0) is 68.8 Å². The molecule has 1 aliphatic heterocycles. The summed E-state index contributed by atoms with van der Waals surface area (Å²) in [4.78, 5) is 15.1. The van der Waals surface area contributed by atoms with Crippen LogP contribution in [0, 0.1) is 13.8 Å². The summed E-state index contributed by atoms with van der Waals surface area (Å²) >= 11 is 0. The van der Waals surface area contributed by atoms with Gasteiger partial charge >= 0.3 is 0 Å². The Balaban J connectivity index is 1.39. The van der Waals surface area contributed by atoms with E-state index in [9.17, 15) is 4.79 Å². The number of hydrogen-bond acceptors (Lipinski definition) is 6. The Morgan fingerprint density at radius 3 is 2.47 bits per heavy atom. The van der Waals surface area contributed by atoms with Gasteiger partial charge in [-0.1, -0.05) is 12.1 Å². The molecule has 0 saturated heterocycles. The number of hydrogen-bond donors (Lipinski definition) is 0. The molecule has 180 valence electrons. The van der Waals surface area contributed by atoms with Crippen molar-refractivity contribution in [2.45, 2.75) is 33.4 Å². The quantitative estimate of drug-likeness (QED) is 0.414. The van der Waals surface area contributed by atoms with E-state index in [1.54, 1.807) is 14.2 Å². The van der Waals surface area contributed by atoms with Crippen molar-refractivity contribution in [3.63, 3.8) is 0 Å². The Kier molecular flexibility index (Phi) is 7.12. The first-order valence-electron chi connectivity index (χ1n) is 11.4. The fraction of sp³-hybridized carbons (Fsp3) is 0.370. The molecule has 0 atom stereocenters. The molecular weight excluding hydrogens is 432 g/mol. The molecule has 1 aromatic heterocycles. The second-order valence-electron chi connectivity index (χ2n) is 8.66. The average Bonchev–Trinajstić information content (AvgIpc) is 3.40. The lowest BCUT2D eigenvalue weighted by molar-refractivity contribution is 0.0942. The van der Waals surface area contributed by atoms with Crippen LogP contribution in [0.25, 0.3) is 0 Å². The highest BCUT2D eigenvalue weighted by Gasteiger charge is 2.19. The number of ether oxygens (including phenoxy) is 4. The number of aromatic nitrogens is 1. The third kappa shape index (κ3) is 5.04. The molecule has 0 spiro atoms. The minimum absolute atomic E-state index is 0.119. The average molecular weight is 465 g/mol. The molecule has 0 aliphatic carbocycles. The topological polar surface area (TPSA) is 62.2 Å². The lowest BCUT2D eigenvalue weighted by Crippen LogP contribution is -2.26. The zero-order valence-corrected chi connectivity index (χ0v) is 20.5. The van der Waals surface area contributed by atoms with Crippen LogP contribution in [0.3, 0.4) is 0 Å². The summed E-state index contributed by atoms with van der Waals surface area (Å²) in [7, 11) is 5.23. The van der Waals surface area contributed by atoms with Gasteiger partial charge in [0.15, 0.2) is 28.8 Å². The van der Waals surface area contributed by atoms with Crippen molar-refractivity contribution < 1.29 is 23.7 Å². The van der Waals surface area contributed by atoms with E-state index >= 15 is 0 Å². The van der Waals surface area contributed by atoms with Gasteiger partial charge in [-0.3, -0.25) is 9.69 Å². The van der Waals surface area contributed by atoms with Crippen LogP contribution < -0.4 is 18.9 Å². The van der Waals surface area contributed by atoms with Gasteiger partial charge in [0.1, 0.15) is 0 Å². The number of fused-ring (bicyclic) bond motifs is 1. The van der Waals surface area contributed by atoms with Crippen LogP contribution in [-0.2, 0) is 19.5 Å². The lowest BCUT2D eigenvalue weighted by Gasteiger charge is -2.16. The molecule has 7 heteroatoms. The molecule has 0 radical (unpaired) electrons. The van der Waals surface area contributed by atoms with Gasteiger partial charge < -0.3 is 23.5 Å². The number of benzene rings is 2. The number of carbonyl (C=O) groups is 1. The molecule has 2 heterocycles. The molecule has 0 fully saturated rings. The predicted octanol–water partition coefficient (Wildman–Crippen LogP) is 4.41. The predicted molar refractivity (Wildman–Crippen MR) is 130 cm³/mol. The van der Waals surface area contributed by atoms with Crippen molar-refractivity contribution in [2.75, 3.05) is 34.6 Å². The highest BCUT2D eigenvalue weighted by molar-refractivity contribution is 5.99. The molecule has 3 aromatic rings. The molecule has 2 aromatic carbocycles. The van der Waals surface area contributed by atoms with Crippen molar-refractivity contribution in [1.82, 2.24) is 9.47 Å². The molecule has 0 saturated carbocycles. The maximum absolute atomic E-state index is 13.1. The van der Waals surface area contributed by atoms with Crippen LogP contribution in [0.4, 0.5) is 0 Å². The van der Waals surface area contributed by atoms with Gasteiger partial charge in [0.25, 0.3) is 0 Å². The fourth-order valence-corrected chi connectivity index (χ4v) is 4.44. The molecule has 1 aliphatic rings. The first-order valence-corrected chi connectivity index (χ1v) is 11.4. The molecule has 0 N–H and O–H groups in total. The van der Waals surface area contributed by atoms with E-state index in [-0.39, 0.29) is 12.6 Å². The third-order valence-electron chi connectivity index (χ3n) is 6.25. The molecular formula is C27H32N2O5. The van der Waals surface area contributed by atoms with E-state index in [1.165, 1.54) is 0 Å². The Morgan fingerprint density at radius 1 is 0.971 bits per heavy atom. The summed E-state index contributed by atoms with van der Waals surface area (Å²) in [6.07, 6.45) is 0.828. The van der Waals surface area contributed by atoms with Crippen LogP contribution in [0.15, 0.2) is 42.5 Å². The molecule has 0 bridgehead atoms. The number of likely N-dealkylation sites (N-methyl/N-ethyl adjacent to an activating group) is 1. The van der Waals surface area contributed by atoms with E-state index in [2.05, 4.69) is 11.5 Å². The lowest BCUT2D eigenvalue weighted by atomic mass is 10.1. The number of Topliss-reactive ketones (excluding diaryl/α,β-unsaturated/α-hetero) is 1. The van der Waals surface area contributed by atoms with Crippen molar-refractivity contribution >= 4 is 5.78 Å². The Labute approximate surface area is 200 Å². The van der Waals surface area contributed by atoms with Crippen molar-refractivity contribution in [3.8, 4) is 23.0 Å². The zero-order chi connectivity index (χ0) is 24.2. The first kappa shape index (κ1) is 23.7. The highest BCUT2D eigenvalue weighted by atomic mass is 16.7. The van der Waals surface area contributed by atoms with Crippen LogP contribution in [0.5, 0.6) is 23.0 Å². The second kappa shape index (κ2) is 10.2. The number of ketones is 1. The summed E-state index contributed by atoms with van der Waals surface area (Å²) in [5.41, 5.74) is 5.10. The summed E-state index contributed by atoms with van der Waals surface area (Å²) in [6, 6.07) is 13.9. The molecule has 34 heavy (non-hydrogen) atoms. The van der Waals surface area contributed by atoms with Crippen molar-refractivity contribution in [2.24, 2.45) is 0 Å². The number of methoxy groups -OCH3 is 2. The summed E-state index contributed by atoms with van der Waals surface area (Å²) < 4.78 is 23.8. The van der Waals surface area contributed by atoms with E-state index in [0.29, 0.717) is 13.1 Å². The number of nitrogens with zero attached hydrogens (tertiary/aromatic N) is 2. The molecule has 7 nitrogen and oxygen atoms in total. The van der Waals surface area contributed by atoms with E-state index in [0.717, 1.165) is 64.0 Å². The Morgan fingerprint density at radius 2 is 1.71 bits per heavy atom. The fourth-order valence-electron chi connectivity index (χ4n) is 4.44. The van der Waals surface area contributed by atoms with Crippen molar-refractivity contribution in [3.05, 3.63) is 70.5 Å². The number of rotatable bonds is 10. The maximum atomic E-state index is 13.1. The monoisotopic (exact) mass is 464 g/mol. The van der Waals surface area contributed by atoms with Crippen LogP contribution in [0.1, 0.15) is 32.9 Å². The smallest absolute Gasteiger partial charge is 0.231 e. The summed E-state index contributed by atoms with van der Waals surface area (Å²) in [5.74, 6) is 3.09. The minimum Gasteiger partial charge on any atom is -0.493 e. The normalized spacial score (nSPS) is 12.3. The molecule has 0 amide bonds. The van der Waals surface area contributed by atoms with Gasteiger partial charge in [-0.2, -0.15) is 0 Å². The number of carbonyl (C=O) groups excluding carboxylic acids is 1. The van der Waals surface area contributed by atoms with Gasteiger partial charge in [0.05, 0.1) is 20.8 Å². The minimum atomic E-state index is 0.119. The van der Waals surface area contributed by atoms with Crippen LogP contribution in [0.2, 0.25) is 0 Å². The first-order chi connectivity index (χ1) is 16.4. The van der Waals surface area contributed by atoms with Gasteiger partial charge in [-0.25, -0.2) is 0 Å². The highest BCUT2D eigenvalue weighted by Crippen LogP contribution is 2.33. The largest absolute Gasteiger partial charge is 0.493 e. The summed E-state index contributed by atoms with van der Waals surface area (Å²) in [6.45, 7) is 6.11. The van der Waals surface area contributed by atoms with E-state index in [1.807, 2.05) is 61.3 Å². The molecule has 0 unspecified atom stereocenters. The maximum Gasteiger partial charge on any atom is 0.231 e. The van der Waals surface area contributed by atoms with Crippen molar-refractivity contribution in [1.29, 1.82) is 0 Å². The third-order valence-corrected chi connectivity index (χ3v) is 6.25. The molecule has 4 rings (SSSR count). The SMILES string of the molecule is COc1ccc(CCn2c(C)cc(C(=O)CN(C)Cc3ccc4c(c3)OCO4)c2C)cc1OC. The summed E-state index contributed by atoms with van der Waals surface area (Å²) in [5, 5.41) is 0. The Bertz CT molecular complexity index is 1180. The zero-order valence-electron chi connectivity index (χ0n) is 20.5. The van der Waals surface area contributed by atoms with Gasteiger partial charge in [-0.15, -0.1) is 0 Å². The number of aryl methyl sites for hydroxylation is 2. The Hall–Kier alpha value is -3.45. The van der Waals surface area contributed by atoms with Gasteiger partial charge in [0.2, 0.25) is 6.79 Å². The van der Waals surface area contributed by atoms with Gasteiger partial charge in [0, 0.05) is 30.0 Å². The van der Waals surface area contributed by atoms with E-state index in [4.69, 9.17) is 18.9 Å². The second-order valence-corrected chi connectivity index (χ2v) is 8.66. The van der Waals surface area contributed by atoms with E-state index < -0.39 is 0 Å². The standard InChI is InChI=1S/C27H32N2O5/c1-18-12-22(19(2)29(18)11-10-20-6-8-24(31-4)26(13-20)32-5)23(30)16-28(3)15-21-7-9-25-27(14-21)34-17-33-25/h6-9,12-14H,10-11,15-17H2,1-5H3. The van der Waals surface area contributed by atoms with Crippen LogP contribution >= 0.6 is 0 Å². The van der Waals surface area contributed by atoms with Crippen LogP contribution in [-0.4, -0.2) is 49.9 Å².